The van der Waals surface area contributed by atoms with Crippen molar-refractivity contribution in [3.63, 3.8) is 0 Å². The van der Waals surface area contributed by atoms with Gasteiger partial charge in [0.2, 0.25) is 0 Å². The standard InChI is InChI=1S/C18H24ClN3O2S3/c1-13-5-4-6-15(18(13)22-11-9-14(19)10-12-22)20-26-16-7-8-17(25-16)27(23,24)21(2)3/h4-8,14,20H,9-12H2,1-3H3. The maximum atomic E-state index is 12.2. The summed E-state index contributed by atoms with van der Waals surface area (Å²) in [5.41, 5.74) is 3.46. The van der Waals surface area contributed by atoms with Crippen LogP contribution in [0.15, 0.2) is 38.8 Å². The van der Waals surface area contributed by atoms with Crippen LogP contribution in [0.1, 0.15) is 18.4 Å². The number of rotatable bonds is 6. The molecular formula is C18H24ClN3O2S3. The first-order valence-electron chi connectivity index (χ1n) is 8.73. The number of anilines is 2. The molecule has 27 heavy (non-hydrogen) atoms. The molecule has 9 heteroatoms. The van der Waals surface area contributed by atoms with Crippen LogP contribution in [0.2, 0.25) is 0 Å². The lowest BCUT2D eigenvalue weighted by molar-refractivity contribution is 0.523. The number of sulfonamides is 1. The Balaban J connectivity index is 1.76. The van der Waals surface area contributed by atoms with Gasteiger partial charge >= 0.3 is 0 Å². The molecule has 0 amide bonds. The van der Waals surface area contributed by atoms with Gasteiger partial charge in [-0.1, -0.05) is 12.1 Å². The molecule has 1 aromatic carbocycles. The van der Waals surface area contributed by atoms with Gasteiger partial charge in [-0.25, -0.2) is 12.7 Å². The van der Waals surface area contributed by atoms with E-state index in [0.717, 1.165) is 35.8 Å². The Morgan fingerprint density at radius 1 is 1.22 bits per heavy atom. The lowest BCUT2D eigenvalue weighted by Crippen LogP contribution is -2.34. The van der Waals surface area contributed by atoms with Gasteiger partial charge in [0.1, 0.15) is 4.21 Å². The molecule has 148 valence electrons. The number of hydrogen-bond donors (Lipinski definition) is 1. The summed E-state index contributed by atoms with van der Waals surface area (Å²) in [4.78, 5) is 2.38. The Bertz CT molecular complexity index is 891. The molecule has 2 heterocycles. The first-order chi connectivity index (χ1) is 12.8. The van der Waals surface area contributed by atoms with E-state index in [1.165, 1.54) is 38.8 Å². The topological polar surface area (TPSA) is 52.7 Å². The van der Waals surface area contributed by atoms with Crippen LogP contribution in [0.4, 0.5) is 11.4 Å². The molecule has 0 bridgehead atoms. The van der Waals surface area contributed by atoms with Gasteiger partial charge in [-0.2, -0.15) is 0 Å². The van der Waals surface area contributed by atoms with Crippen LogP contribution >= 0.6 is 34.9 Å². The maximum absolute atomic E-state index is 12.2. The zero-order valence-electron chi connectivity index (χ0n) is 15.6. The van der Waals surface area contributed by atoms with Crippen LogP contribution in [0.5, 0.6) is 0 Å². The Morgan fingerprint density at radius 2 is 1.93 bits per heavy atom. The lowest BCUT2D eigenvalue weighted by Gasteiger charge is -2.33. The molecule has 0 radical (unpaired) electrons. The van der Waals surface area contributed by atoms with Gasteiger partial charge in [0.05, 0.1) is 15.6 Å². The van der Waals surface area contributed by atoms with E-state index < -0.39 is 10.0 Å². The van der Waals surface area contributed by atoms with Crippen LogP contribution in [-0.4, -0.2) is 45.3 Å². The van der Waals surface area contributed by atoms with Gasteiger partial charge in [0.15, 0.2) is 0 Å². The van der Waals surface area contributed by atoms with E-state index in [-0.39, 0.29) is 5.38 Å². The molecule has 5 nitrogen and oxygen atoms in total. The molecule has 1 fully saturated rings. The summed E-state index contributed by atoms with van der Waals surface area (Å²) in [5.74, 6) is 0. The summed E-state index contributed by atoms with van der Waals surface area (Å²) >= 11 is 8.97. The molecule has 1 aliphatic rings. The second kappa shape index (κ2) is 8.61. The minimum atomic E-state index is -3.39. The third-order valence-corrected chi connectivity index (χ3v) is 9.29. The van der Waals surface area contributed by atoms with Crippen molar-refractivity contribution >= 4 is 56.3 Å². The van der Waals surface area contributed by atoms with Crippen LogP contribution in [0.25, 0.3) is 0 Å². The summed E-state index contributed by atoms with van der Waals surface area (Å²) in [6.45, 7) is 4.01. The fraction of sp³-hybridized carbons (Fsp3) is 0.444. The Kier molecular flexibility index (Phi) is 6.63. The monoisotopic (exact) mass is 445 g/mol. The minimum absolute atomic E-state index is 0.263. The SMILES string of the molecule is Cc1cccc(NSc2ccc(S(=O)(=O)N(C)C)s2)c1N1CCC(Cl)CC1. The molecular weight excluding hydrogens is 422 g/mol. The van der Waals surface area contributed by atoms with Gasteiger partial charge in [0, 0.05) is 32.6 Å². The van der Waals surface area contributed by atoms with E-state index in [2.05, 4.69) is 28.7 Å². The average molecular weight is 446 g/mol. The van der Waals surface area contributed by atoms with Gasteiger partial charge in [-0.15, -0.1) is 22.9 Å². The molecule has 1 saturated heterocycles. The number of benzene rings is 1. The van der Waals surface area contributed by atoms with Gasteiger partial charge < -0.3 is 9.62 Å². The normalized spacial score (nSPS) is 16.1. The first-order valence-corrected chi connectivity index (χ1v) is 12.2. The quantitative estimate of drug-likeness (QED) is 0.518. The van der Waals surface area contributed by atoms with Crippen LogP contribution in [0.3, 0.4) is 0 Å². The van der Waals surface area contributed by atoms with Crippen molar-refractivity contribution in [2.45, 2.75) is 33.6 Å². The Morgan fingerprint density at radius 3 is 2.59 bits per heavy atom. The van der Waals surface area contributed by atoms with Crippen LogP contribution < -0.4 is 9.62 Å². The highest BCUT2D eigenvalue weighted by Crippen LogP contribution is 2.37. The summed E-state index contributed by atoms with van der Waals surface area (Å²) in [5, 5.41) is 0.263. The molecule has 0 saturated carbocycles. The first kappa shape index (κ1) is 20.8. The summed E-state index contributed by atoms with van der Waals surface area (Å²) in [7, 11) is -0.297. The largest absolute Gasteiger partial charge is 0.370 e. The molecule has 0 atom stereocenters. The van der Waals surface area contributed by atoms with E-state index in [0.29, 0.717) is 4.21 Å². The van der Waals surface area contributed by atoms with Crippen LogP contribution in [-0.2, 0) is 10.0 Å². The fourth-order valence-electron chi connectivity index (χ4n) is 3.01. The molecule has 1 aliphatic heterocycles. The predicted octanol–water partition coefficient (Wildman–Crippen LogP) is 4.63. The Labute approximate surface area is 174 Å². The molecule has 0 spiro atoms. The van der Waals surface area contributed by atoms with Gasteiger partial charge in [0.25, 0.3) is 10.0 Å². The van der Waals surface area contributed by atoms with Crippen LogP contribution in [0, 0.1) is 6.92 Å². The second-order valence-corrected chi connectivity index (χ2v) is 11.9. The van der Waals surface area contributed by atoms with Crippen molar-refractivity contribution in [3.8, 4) is 0 Å². The minimum Gasteiger partial charge on any atom is -0.370 e. The third kappa shape index (κ3) is 4.74. The average Bonchev–Trinajstić information content (AvgIpc) is 3.11. The lowest BCUT2D eigenvalue weighted by atomic mass is 10.1. The van der Waals surface area contributed by atoms with E-state index in [9.17, 15) is 8.42 Å². The molecule has 1 aromatic heterocycles. The molecule has 3 rings (SSSR count). The smallest absolute Gasteiger partial charge is 0.252 e. The fourth-order valence-corrected chi connectivity index (χ4v) is 6.65. The molecule has 0 aliphatic carbocycles. The van der Waals surface area contributed by atoms with E-state index >= 15 is 0 Å². The molecule has 0 unspecified atom stereocenters. The number of thiophene rings is 1. The zero-order chi connectivity index (χ0) is 19.6. The van der Waals surface area contributed by atoms with Crippen molar-refractivity contribution in [1.29, 1.82) is 0 Å². The number of aryl methyl sites for hydroxylation is 1. The van der Waals surface area contributed by atoms with E-state index in [1.54, 1.807) is 20.2 Å². The van der Waals surface area contributed by atoms with E-state index in [4.69, 9.17) is 11.6 Å². The van der Waals surface area contributed by atoms with Crippen molar-refractivity contribution in [1.82, 2.24) is 4.31 Å². The number of nitrogens with zero attached hydrogens (tertiary/aromatic N) is 2. The summed E-state index contributed by atoms with van der Waals surface area (Å²) < 4.78 is 30.4. The van der Waals surface area contributed by atoms with Crippen molar-refractivity contribution in [2.24, 2.45) is 0 Å². The summed E-state index contributed by atoms with van der Waals surface area (Å²) in [6, 6.07) is 9.71. The number of piperidine rings is 1. The van der Waals surface area contributed by atoms with Crippen molar-refractivity contribution in [3.05, 3.63) is 35.9 Å². The third-order valence-electron chi connectivity index (χ3n) is 4.53. The number of nitrogens with one attached hydrogen (secondary N) is 1. The number of halogens is 1. The highest BCUT2D eigenvalue weighted by molar-refractivity contribution is 8.02. The van der Waals surface area contributed by atoms with E-state index in [1.807, 2.05) is 12.1 Å². The maximum Gasteiger partial charge on any atom is 0.252 e. The molecule has 1 N–H and O–H groups in total. The number of hydrogen-bond acceptors (Lipinski definition) is 6. The predicted molar refractivity (Wildman–Crippen MR) is 117 cm³/mol. The second-order valence-electron chi connectivity index (χ2n) is 6.70. The van der Waals surface area contributed by atoms with Crippen molar-refractivity contribution < 1.29 is 8.42 Å². The Hall–Kier alpha value is -0.930. The molecule has 2 aromatic rings. The van der Waals surface area contributed by atoms with Crippen molar-refractivity contribution in [2.75, 3.05) is 36.8 Å². The number of para-hydroxylation sites is 1. The highest BCUT2D eigenvalue weighted by Gasteiger charge is 2.22. The summed E-state index contributed by atoms with van der Waals surface area (Å²) in [6.07, 6.45) is 1.97. The zero-order valence-corrected chi connectivity index (χ0v) is 18.8. The van der Waals surface area contributed by atoms with Gasteiger partial charge in [-0.05, 0) is 55.5 Å². The number of alkyl halides is 1. The highest BCUT2D eigenvalue weighted by atomic mass is 35.5. The van der Waals surface area contributed by atoms with Gasteiger partial charge in [-0.3, -0.25) is 0 Å².